The lowest BCUT2D eigenvalue weighted by molar-refractivity contribution is 0.0675. The van der Waals surface area contributed by atoms with Crippen molar-refractivity contribution in [2.24, 2.45) is 0 Å². The molecule has 1 unspecified atom stereocenters. The molecule has 1 N–H and O–H groups in total. The van der Waals surface area contributed by atoms with Gasteiger partial charge in [-0.3, -0.25) is 4.98 Å². The summed E-state index contributed by atoms with van der Waals surface area (Å²) in [6.07, 6.45) is 6.13. The van der Waals surface area contributed by atoms with Gasteiger partial charge in [0.15, 0.2) is 0 Å². The fourth-order valence-corrected chi connectivity index (χ4v) is 1.91. The van der Waals surface area contributed by atoms with E-state index in [9.17, 15) is 0 Å². The molecule has 1 aliphatic heterocycles. The number of hydrogen-bond acceptors (Lipinski definition) is 4. The van der Waals surface area contributed by atoms with E-state index in [0.29, 0.717) is 6.61 Å². The summed E-state index contributed by atoms with van der Waals surface area (Å²) in [7, 11) is 0. The van der Waals surface area contributed by atoms with E-state index in [1.165, 1.54) is 0 Å². The Morgan fingerprint density at radius 3 is 3.29 bits per heavy atom. The first-order valence-corrected chi connectivity index (χ1v) is 6.28. The average Bonchev–Trinajstić information content (AvgIpc) is 2.88. The molecule has 4 nitrogen and oxygen atoms in total. The quantitative estimate of drug-likeness (QED) is 0.817. The molecule has 0 amide bonds. The first-order valence-electron chi connectivity index (χ1n) is 6.28. The molecule has 94 valence electrons. The molecule has 1 aliphatic rings. The minimum atomic E-state index is 0.259. The van der Waals surface area contributed by atoms with Crippen molar-refractivity contribution in [1.82, 2.24) is 10.3 Å². The van der Waals surface area contributed by atoms with Gasteiger partial charge in [-0.2, -0.15) is 0 Å². The summed E-state index contributed by atoms with van der Waals surface area (Å²) in [5, 5.41) is 3.28. The monoisotopic (exact) mass is 236 g/mol. The van der Waals surface area contributed by atoms with Gasteiger partial charge < -0.3 is 14.8 Å². The summed E-state index contributed by atoms with van der Waals surface area (Å²) in [6, 6.07) is 1.92. The van der Waals surface area contributed by atoms with Crippen molar-refractivity contribution >= 4 is 0 Å². The standard InChI is InChI=1S/C13H20N2O2/c1-2-14-8-11-9-15-6-5-13(11)17-10-12-4-3-7-16-12/h5-6,9,12,14H,2-4,7-8,10H2,1H3. The molecule has 0 bridgehead atoms. The lowest BCUT2D eigenvalue weighted by Crippen LogP contribution is -2.18. The number of nitrogens with zero attached hydrogens (tertiary/aromatic N) is 1. The highest BCUT2D eigenvalue weighted by Gasteiger charge is 2.16. The number of ether oxygens (including phenoxy) is 2. The highest BCUT2D eigenvalue weighted by atomic mass is 16.5. The molecule has 0 aromatic carbocycles. The molecule has 2 rings (SSSR count). The Morgan fingerprint density at radius 2 is 2.53 bits per heavy atom. The van der Waals surface area contributed by atoms with E-state index in [1.54, 1.807) is 6.20 Å². The van der Waals surface area contributed by atoms with Crippen molar-refractivity contribution in [3.05, 3.63) is 24.0 Å². The second-order valence-corrected chi connectivity index (χ2v) is 4.21. The summed E-state index contributed by atoms with van der Waals surface area (Å²) < 4.78 is 11.4. The van der Waals surface area contributed by atoms with Crippen LogP contribution in [0.2, 0.25) is 0 Å². The molecule has 0 saturated carbocycles. The summed E-state index contributed by atoms with van der Waals surface area (Å²) in [6.45, 7) is 5.34. The van der Waals surface area contributed by atoms with Crippen LogP contribution < -0.4 is 10.1 Å². The largest absolute Gasteiger partial charge is 0.490 e. The van der Waals surface area contributed by atoms with Crippen LogP contribution in [-0.4, -0.2) is 30.8 Å². The van der Waals surface area contributed by atoms with Crippen LogP contribution in [0, 0.1) is 0 Å². The fraction of sp³-hybridized carbons (Fsp3) is 0.615. The van der Waals surface area contributed by atoms with Crippen LogP contribution in [0.3, 0.4) is 0 Å². The SMILES string of the molecule is CCNCc1cnccc1OCC1CCCO1. The zero-order valence-electron chi connectivity index (χ0n) is 10.3. The molecule has 17 heavy (non-hydrogen) atoms. The van der Waals surface area contributed by atoms with Crippen LogP contribution in [-0.2, 0) is 11.3 Å². The fourth-order valence-electron chi connectivity index (χ4n) is 1.91. The maximum absolute atomic E-state index is 5.81. The van der Waals surface area contributed by atoms with Gasteiger partial charge in [0.1, 0.15) is 12.4 Å². The van der Waals surface area contributed by atoms with Crippen LogP contribution in [0.5, 0.6) is 5.75 Å². The van der Waals surface area contributed by atoms with E-state index < -0.39 is 0 Å². The van der Waals surface area contributed by atoms with Gasteiger partial charge >= 0.3 is 0 Å². The van der Waals surface area contributed by atoms with Crippen molar-refractivity contribution in [3.63, 3.8) is 0 Å². The van der Waals surface area contributed by atoms with Gasteiger partial charge in [0, 0.05) is 31.1 Å². The Labute approximate surface area is 102 Å². The Bertz CT molecular complexity index is 338. The Morgan fingerprint density at radius 1 is 1.59 bits per heavy atom. The first-order chi connectivity index (χ1) is 8.40. The van der Waals surface area contributed by atoms with Gasteiger partial charge in [-0.15, -0.1) is 0 Å². The molecular weight excluding hydrogens is 216 g/mol. The molecule has 1 aromatic heterocycles. The predicted molar refractivity (Wildman–Crippen MR) is 66.1 cm³/mol. The van der Waals surface area contributed by atoms with E-state index in [2.05, 4.69) is 17.2 Å². The lowest BCUT2D eigenvalue weighted by Gasteiger charge is -2.14. The lowest BCUT2D eigenvalue weighted by atomic mass is 10.2. The highest BCUT2D eigenvalue weighted by Crippen LogP contribution is 2.19. The highest BCUT2D eigenvalue weighted by molar-refractivity contribution is 5.29. The second kappa shape index (κ2) is 6.57. The van der Waals surface area contributed by atoms with Crippen LogP contribution in [0.15, 0.2) is 18.5 Å². The van der Waals surface area contributed by atoms with Crippen LogP contribution in [0.4, 0.5) is 0 Å². The number of aromatic nitrogens is 1. The zero-order chi connectivity index (χ0) is 11.9. The van der Waals surface area contributed by atoms with E-state index in [1.807, 2.05) is 12.3 Å². The van der Waals surface area contributed by atoms with Crippen molar-refractivity contribution < 1.29 is 9.47 Å². The van der Waals surface area contributed by atoms with Gasteiger partial charge in [-0.1, -0.05) is 6.92 Å². The summed E-state index contributed by atoms with van der Waals surface area (Å²) in [4.78, 5) is 4.13. The number of rotatable bonds is 6. The van der Waals surface area contributed by atoms with Crippen LogP contribution in [0.25, 0.3) is 0 Å². The van der Waals surface area contributed by atoms with E-state index in [-0.39, 0.29) is 6.10 Å². The minimum Gasteiger partial charge on any atom is -0.490 e. The number of hydrogen-bond donors (Lipinski definition) is 1. The topological polar surface area (TPSA) is 43.4 Å². The summed E-state index contributed by atoms with van der Waals surface area (Å²) in [5.41, 5.74) is 1.10. The molecule has 1 atom stereocenters. The smallest absolute Gasteiger partial charge is 0.127 e. The Kier molecular flexibility index (Phi) is 4.76. The van der Waals surface area contributed by atoms with Gasteiger partial charge in [0.2, 0.25) is 0 Å². The van der Waals surface area contributed by atoms with Gasteiger partial charge in [-0.05, 0) is 25.5 Å². The van der Waals surface area contributed by atoms with Crippen LogP contribution in [0.1, 0.15) is 25.3 Å². The maximum atomic E-state index is 5.81. The molecule has 0 spiro atoms. The Hall–Kier alpha value is -1.13. The third-order valence-corrected chi connectivity index (χ3v) is 2.87. The van der Waals surface area contributed by atoms with Gasteiger partial charge in [0.25, 0.3) is 0 Å². The zero-order valence-corrected chi connectivity index (χ0v) is 10.3. The summed E-state index contributed by atoms with van der Waals surface area (Å²) in [5.74, 6) is 0.913. The van der Waals surface area contributed by atoms with Crippen molar-refractivity contribution in [2.75, 3.05) is 19.8 Å². The predicted octanol–water partition coefficient (Wildman–Crippen LogP) is 1.75. The Balaban J connectivity index is 1.89. The van der Waals surface area contributed by atoms with E-state index >= 15 is 0 Å². The minimum absolute atomic E-state index is 0.259. The molecule has 0 aliphatic carbocycles. The van der Waals surface area contributed by atoms with E-state index in [0.717, 1.165) is 43.9 Å². The van der Waals surface area contributed by atoms with Crippen molar-refractivity contribution in [1.29, 1.82) is 0 Å². The molecular formula is C13H20N2O2. The van der Waals surface area contributed by atoms with Gasteiger partial charge in [-0.25, -0.2) is 0 Å². The maximum Gasteiger partial charge on any atom is 0.127 e. The third kappa shape index (κ3) is 3.68. The second-order valence-electron chi connectivity index (χ2n) is 4.21. The van der Waals surface area contributed by atoms with Gasteiger partial charge in [0.05, 0.1) is 6.10 Å². The van der Waals surface area contributed by atoms with Crippen molar-refractivity contribution in [2.45, 2.75) is 32.4 Å². The average molecular weight is 236 g/mol. The molecule has 0 radical (unpaired) electrons. The number of nitrogens with one attached hydrogen (secondary N) is 1. The molecule has 1 fully saturated rings. The molecule has 1 saturated heterocycles. The van der Waals surface area contributed by atoms with Crippen LogP contribution >= 0.6 is 0 Å². The van der Waals surface area contributed by atoms with Crippen molar-refractivity contribution in [3.8, 4) is 5.75 Å². The van der Waals surface area contributed by atoms with E-state index in [4.69, 9.17) is 9.47 Å². The normalized spacial score (nSPS) is 19.5. The summed E-state index contributed by atoms with van der Waals surface area (Å²) >= 11 is 0. The number of pyridine rings is 1. The third-order valence-electron chi connectivity index (χ3n) is 2.87. The first kappa shape index (κ1) is 12.3. The molecule has 4 heteroatoms. The molecule has 1 aromatic rings. The molecule has 2 heterocycles.